The fraction of sp³-hybridized carbons (Fsp3) is 0.125. The Labute approximate surface area is 73.8 Å². The van der Waals surface area contributed by atoms with Gasteiger partial charge >= 0.3 is 0 Å². The molecule has 1 aromatic carbocycles. The Morgan fingerprint density at radius 2 is 2.08 bits per heavy atom. The second-order valence-electron chi connectivity index (χ2n) is 2.20. The maximum absolute atomic E-state index is 12.3. The minimum absolute atomic E-state index is 0.00231. The van der Waals surface area contributed by atoms with E-state index in [2.05, 4.69) is 12.6 Å². The minimum Gasteiger partial charge on any atom is -0.298 e. The quantitative estimate of drug-likeness (QED) is 0.557. The smallest absolute Gasteiger partial charge is 0.265 e. The third-order valence-corrected chi connectivity index (χ3v) is 1.85. The van der Waals surface area contributed by atoms with Gasteiger partial charge < -0.3 is 0 Å². The molecule has 1 rings (SSSR count). The van der Waals surface area contributed by atoms with Crippen molar-refractivity contribution >= 4 is 18.9 Å². The van der Waals surface area contributed by atoms with E-state index in [4.69, 9.17) is 0 Å². The zero-order valence-electron chi connectivity index (χ0n) is 6.00. The normalized spacial score (nSPS) is 10.3. The molecule has 0 amide bonds. The summed E-state index contributed by atoms with van der Waals surface area (Å²) >= 11 is 3.82. The van der Waals surface area contributed by atoms with E-state index in [1.54, 1.807) is 0 Å². The number of carbonyl (C=O) groups is 1. The topological polar surface area (TPSA) is 17.1 Å². The number of rotatable bonds is 2. The maximum atomic E-state index is 12.3. The van der Waals surface area contributed by atoms with Crippen molar-refractivity contribution in [2.75, 3.05) is 0 Å². The molecule has 4 heteroatoms. The molecule has 0 atom stereocenters. The number of aldehydes is 1. The lowest BCUT2D eigenvalue weighted by Gasteiger charge is -2.05. The van der Waals surface area contributed by atoms with Gasteiger partial charge in [-0.1, -0.05) is 12.1 Å². The summed E-state index contributed by atoms with van der Waals surface area (Å²) in [7, 11) is 0. The summed E-state index contributed by atoms with van der Waals surface area (Å²) in [4.78, 5) is 10.5. The highest BCUT2D eigenvalue weighted by atomic mass is 32.1. The van der Waals surface area contributed by atoms with Gasteiger partial charge in [-0.05, 0) is 6.07 Å². The van der Waals surface area contributed by atoms with Crippen LogP contribution < -0.4 is 0 Å². The Morgan fingerprint density at radius 1 is 1.42 bits per heavy atom. The van der Waals surface area contributed by atoms with Gasteiger partial charge in [-0.25, -0.2) is 8.78 Å². The van der Waals surface area contributed by atoms with Crippen LogP contribution in [0.5, 0.6) is 0 Å². The molecule has 0 radical (unpaired) electrons. The van der Waals surface area contributed by atoms with Crippen LogP contribution in [0, 0.1) is 0 Å². The van der Waals surface area contributed by atoms with Crippen LogP contribution in [0.1, 0.15) is 22.3 Å². The summed E-state index contributed by atoms with van der Waals surface area (Å²) in [5.41, 5.74) is -0.298. The first-order valence-electron chi connectivity index (χ1n) is 3.22. The first-order chi connectivity index (χ1) is 5.66. The van der Waals surface area contributed by atoms with E-state index in [-0.39, 0.29) is 16.0 Å². The molecule has 0 bridgehead atoms. The minimum atomic E-state index is -2.65. The molecular weight excluding hydrogens is 182 g/mol. The van der Waals surface area contributed by atoms with Crippen LogP contribution in [-0.2, 0) is 0 Å². The van der Waals surface area contributed by atoms with Crippen LogP contribution in [-0.4, -0.2) is 6.29 Å². The van der Waals surface area contributed by atoms with Gasteiger partial charge in [-0.2, -0.15) is 0 Å². The number of halogens is 2. The lowest BCUT2D eigenvalue weighted by atomic mass is 10.1. The number of hydrogen-bond donors (Lipinski definition) is 1. The molecule has 0 fully saturated rings. The van der Waals surface area contributed by atoms with E-state index in [9.17, 15) is 13.6 Å². The summed E-state index contributed by atoms with van der Waals surface area (Å²) in [6, 6.07) is 4.28. The molecule has 0 aliphatic carbocycles. The molecule has 0 saturated heterocycles. The zero-order chi connectivity index (χ0) is 9.14. The fourth-order valence-electron chi connectivity index (χ4n) is 0.911. The Morgan fingerprint density at radius 3 is 2.50 bits per heavy atom. The molecule has 0 aromatic heterocycles. The zero-order valence-corrected chi connectivity index (χ0v) is 6.89. The highest BCUT2D eigenvalue weighted by Gasteiger charge is 2.14. The largest absolute Gasteiger partial charge is 0.298 e. The Kier molecular flexibility index (Phi) is 2.81. The lowest BCUT2D eigenvalue weighted by molar-refractivity contribution is 0.110. The predicted molar refractivity (Wildman–Crippen MR) is 44.0 cm³/mol. The van der Waals surface area contributed by atoms with Gasteiger partial charge in [0, 0.05) is 16.0 Å². The summed E-state index contributed by atoms with van der Waals surface area (Å²) in [5, 5.41) is 0. The second kappa shape index (κ2) is 3.67. The van der Waals surface area contributed by atoms with Crippen LogP contribution in [0.2, 0.25) is 0 Å². The van der Waals surface area contributed by atoms with Crippen molar-refractivity contribution in [3.05, 3.63) is 29.3 Å². The lowest BCUT2D eigenvalue weighted by Crippen LogP contribution is -1.94. The van der Waals surface area contributed by atoms with Crippen LogP contribution in [0.4, 0.5) is 8.78 Å². The van der Waals surface area contributed by atoms with E-state index < -0.39 is 6.43 Å². The van der Waals surface area contributed by atoms with E-state index in [1.807, 2.05) is 0 Å². The third-order valence-electron chi connectivity index (χ3n) is 1.46. The molecule has 0 aliphatic rings. The summed E-state index contributed by atoms with van der Waals surface area (Å²) in [6.07, 6.45) is -2.25. The summed E-state index contributed by atoms with van der Waals surface area (Å²) in [5.74, 6) is 0. The van der Waals surface area contributed by atoms with E-state index in [0.717, 1.165) is 0 Å². The molecule has 0 heterocycles. The van der Waals surface area contributed by atoms with Gasteiger partial charge in [-0.3, -0.25) is 4.79 Å². The number of hydrogen-bond acceptors (Lipinski definition) is 2. The summed E-state index contributed by atoms with van der Waals surface area (Å²) < 4.78 is 24.5. The molecule has 64 valence electrons. The molecule has 0 N–H and O–H groups in total. The molecule has 0 aliphatic heterocycles. The standard InChI is InChI=1S/C8H6F2OS/c9-8(10)7-5(4-11)2-1-3-6(7)12/h1-4,8,12H. The van der Waals surface area contributed by atoms with Crippen molar-refractivity contribution in [1.29, 1.82) is 0 Å². The van der Waals surface area contributed by atoms with Gasteiger partial charge in [0.2, 0.25) is 0 Å². The van der Waals surface area contributed by atoms with Crippen LogP contribution in [0.25, 0.3) is 0 Å². The van der Waals surface area contributed by atoms with Gasteiger partial charge in [0.1, 0.15) is 0 Å². The highest BCUT2D eigenvalue weighted by molar-refractivity contribution is 7.80. The Bertz CT molecular complexity index is 299. The maximum Gasteiger partial charge on any atom is 0.265 e. The average Bonchev–Trinajstić information content (AvgIpc) is 2.03. The van der Waals surface area contributed by atoms with Crippen molar-refractivity contribution in [2.45, 2.75) is 11.3 Å². The van der Waals surface area contributed by atoms with Crippen LogP contribution in [0.15, 0.2) is 23.1 Å². The van der Waals surface area contributed by atoms with Crippen molar-refractivity contribution in [1.82, 2.24) is 0 Å². The van der Waals surface area contributed by atoms with Gasteiger partial charge in [0.15, 0.2) is 6.29 Å². The first kappa shape index (κ1) is 9.19. The molecule has 1 nitrogen and oxygen atoms in total. The van der Waals surface area contributed by atoms with E-state index >= 15 is 0 Å². The van der Waals surface area contributed by atoms with Crippen LogP contribution in [0.3, 0.4) is 0 Å². The molecule has 0 spiro atoms. The highest BCUT2D eigenvalue weighted by Crippen LogP contribution is 2.27. The molecular formula is C8H6F2OS. The van der Waals surface area contributed by atoms with E-state index in [0.29, 0.717) is 6.29 Å². The van der Waals surface area contributed by atoms with E-state index in [1.165, 1.54) is 18.2 Å². The monoisotopic (exact) mass is 188 g/mol. The van der Waals surface area contributed by atoms with Crippen molar-refractivity contribution in [3.63, 3.8) is 0 Å². The first-order valence-corrected chi connectivity index (χ1v) is 3.66. The Hall–Kier alpha value is -0.900. The number of alkyl halides is 2. The number of carbonyl (C=O) groups excluding carboxylic acids is 1. The molecule has 1 aromatic rings. The number of benzene rings is 1. The third kappa shape index (κ3) is 1.64. The number of thiol groups is 1. The van der Waals surface area contributed by atoms with Crippen LogP contribution >= 0.6 is 12.6 Å². The summed E-state index contributed by atoms with van der Waals surface area (Å²) in [6.45, 7) is 0. The van der Waals surface area contributed by atoms with Crippen molar-refractivity contribution in [2.24, 2.45) is 0 Å². The molecule has 0 saturated carbocycles. The fourth-order valence-corrected chi connectivity index (χ4v) is 1.22. The second-order valence-corrected chi connectivity index (χ2v) is 2.68. The SMILES string of the molecule is O=Cc1cccc(S)c1C(F)F. The van der Waals surface area contributed by atoms with Gasteiger partial charge in [0.05, 0.1) is 0 Å². The Balaban J connectivity index is 3.29. The molecule has 12 heavy (non-hydrogen) atoms. The van der Waals surface area contributed by atoms with Gasteiger partial charge in [-0.15, -0.1) is 12.6 Å². The van der Waals surface area contributed by atoms with Gasteiger partial charge in [0.25, 0.3) is 6.43 Å². The molecule has 0 unspecified atom stereocenters. The van der Waals surface area contributed by atoms with Crippen molar-refractivity contribution < 1.29 is 13.6 Å². The predicted octanol–water partition coefficient (Wildman–Crippen LogP) is 2.73. The average molecular weight is 188 g/mol. The van der Waals surface area contributed by atoms with Crippen molar-refractivity contribution in [3.8, 4) is 0 Å².